The van der Waals surface area contributed by atoms with Crippen molar-refractivity contribution < 1.29 is 0 Å². The lowest BCUT2D eigenvalue weighted by atomic mass is 9.95. The number of nitrogens with one attached hydrogen (secondary N) is 1. The van der Waals surface area contributed by atoms with Gasteiger partial charge in [-0.25, -0.2) is 0 Å². The van der Waals surface area contributed by atoms with Gasteiger partial charge < -0.3 is 5.32 Å². The maximum absolute atomic E-state index is 3.44. The standard InChI is InChI=1S/C18H23N/c1-13-6-5-7-16(9-13)12-18(19-4)17-10-14(2)8-15(3)11-17/h5-11,18-19H,12H2,1-4H3. The third-order valence-electron chi connectivity index (χ3n) is 3.52. The first-order chi connectivity index (χ1) is 9.08. The van der Waals surface area contributed by atoms with Gasteiger partial charge in [-0.05, 0) is 45.4 Å². The maximum atomic E-state index is 3.44. The molecule has 1 nitrogen and oxygen atoms in total. The van der Waals surface area contributed by atoms with Crippen molar-refractivity contribution in [3.63, 3.8) is 0 Å². The number of likely N-dealkylation sites (N-methyl/N-ethyl adjacent to an activating group) is 1. The van der Waals surface area contributed by atoms with Gasteiger partial charge in [-0.15, -0.1) is 0 Å². The summed E-state index contributed by atoms with van der Waals surface area (Å²) in [5.74, 6) is 0. The zero-order chi connectivity index (χ0) is 13.8. The van der Waals surface area contributed by atoms with Gasteiger partial charge in [-0.2, -0.15) is 0 Å². The quantitative estimate of drug-likeness (QED) is 0.864. The molecule has 100 valence electrons. The summed E-state index contributed by atoms with van der Waals surface area (Å²) in [5.41, 5.74) is 6.76. The zero-order valence-electron chi connectivity index (χ0n) is 12.3. The Bertz CT molecular complexity index is 537. The summed E-state index contributed by atoms with van der Waals surface area (Å²) in [6.07, 6.45) is 1.03. The van der Waals surface area contributed by atoms with Crippen LogP contribution in [-0.2, 0) is 6.42 Å². The SMILES string of the molecule is CNC(Cc1cccc(C)c1)c1cc(C)cc(C)c1. The zero-order valence-corrected chi connectivity index (χ0v) is 12.3. The van der Waals surface area contributed by atoms with Crippen LogP contribution in [0.2, 0.25) is 0 Å². The summed E-state index contributed by atoms with van der Waals surface area (Å²) in [6, 6.07) is 15.9. The predicted octanol–water partition coefficient (Wildman–Crippen LogP) is 4.12. The van der Waals surface area contributed by atoms with Crippen LogP contribution in [0.15, 0.2) is 42.5 Å². The van der Waals surface area contributed by atoms with Gasteiger partial charge in [0.1, 0.15) is 0 Å². The van der Waals surface area contributed by atoms with Crippen LogP contribution in [0.1, 0.15) is 33.9 Å². The molecule has 0 radical (unpaired) electrons. The molecule has 0 saturated carbocycles. The lowest BCUT2D eigenvalue weighted by Crippen LogP contribution is -2.19. The van der Waals surface area contributed by atoms with Crippen LogP contribution in [0.25, 0.3) is 0 Å². The van der Waals surface area contributed by atoms with Crippen molar-refractivity contribution in [3.8, 4) is 0 Å². The molecular formula is C18H23N. The van der Waals surface area contributed by atoms with Crippen LogP contribution >= 0.6 is 0 Å². The van der Waals surface area contributed by atoms with Crippen molar-refractivity contribution in [2.75, 3.05) is 7.05 Å². The second-order valence-electron chi connectivity index (χ2n) is 5.46. The Morgan fingerprint density at radius 3 is 2.16 bits per heavy atom. The predicted molar refractivity (Wildman–Crippen MR) is 82.6 cm³/mol. The Morgan fingerprint density at radius 2 is 1.58 bits per heavy atom. The molecule has 1 unspecified atom stereocenters. The van der Waals surface area contributed by atoms with Crippen molar-refractivity contribution in [3.05, 3.63) is 70.3 Å². The third kappa shape index (κ3) is 3.68. The lowest BCUT2D eigenvalue weighted by Gasteiger charge is -2.18. The average Bonchev–Trinajstić information content (AvgIpc) is 2.34. The fraction of sp³-hybridized carbons (Fsp3) is 0.333. The first-order valence-electron chi connectivity index (χ1n) is 6.89. The van der Waals surface area contributed by atoms with Crippen LogP contribution in [0.5, 0.6) is 0 Å². The highest BCUT2D eigenvalue weighted by atomic mass is 14.9. The lowest BCUT2D eigenvalue weighted by molar-refractivity contribution is 0.591. The average molecular weight is 253 g/mol. The number of hydrogen-bond donors (Lipinski definition) is 1. The normalized spacial score (nSPS) is 12.4. The molecule has 2 aromatic rings. The Balaban J connectivity index is 2.24. The van der Waals surface area contributed by atoms with Gasteiger partial charge >= 0.3 is 0 Å². The first-order valence-corrected chi connectivity index (χ1v) is 6.89. The van der Waals surface area contributed by atoms with Crippen LogP contribution < -0.4 is 5.32 Å². The Kier molecular flexibility index (Phi) is 4.39. The van der Waals surface area contributed by atoms with E-state index < -0.39 is 0 Å². The van der Waals surface area contributed by atoms with Crippen molar-refractivity contribution >= 4 is 0 Å². The van der Waals surface area contributed by atoms with Crippen LogP contribution in [0.4, 0.5) is 0 Å². The van der Waals surface area contributed by atoms with E-state index >= 15 is 0 Å². The Labute approximate surface area is 116 Å². The van der Waals surface area contributed by atoms with E-state index in [1.54, 1.807) is 0 Å². The number of benzene rings is 2. The van der Waals surface area contributed by atoms with E-state index in [1.165, 1.54) is 27.8 Å². The number of hydrogen-bond acceptors (Lipinski definition) is 1. The van der Waals surface area contributed by atoms with E-state index in [-0.39, 0.29) is 0 Å². The van der Waals surface area contributed by atoms with Gasteiger partial charge in [0, 0.05) is 6.04 Å². The van der Waals surface area contributed by atoms with Crippen molar-refractivity contribution in [1.82, 2.24) is 5.32 Å². The summed E-state index contributed by atoms with van der Waals surface area (Å²) >= 11 is 0. The molecule has 0 bridgehead atoms. The Hall–Kier alpha value is -1.60. The molecule has 1 atom stereocenters. The van der Waals surface area contributed by atoms with Gasteiger partial charge in [0.15, 0.2) is 0 Å². The van der Waals surface area contributed by atoms with Crippen molar-refractivity contribution in [1.29, 1.82) is 0 Å². The highest BCUT2D eigenvalue weighted by Gasteiger charge is 2.11. The van der Waals surface area contributed by atoms with Gasteiger partial charge in [-0.3, -0.25) is 0 Å². The van der Waals surface area contributed by atoms with E-state index in [4.69, 9.17) is 0 Å². The molecule has 0 aliphatic rings. The minimum atomic E-state index is 0.375. The van der Waals surface area contributed by atoms with Crippen LogP contribution in [-0.4, -0.2) is 7.05 Å². The van der Waals surface area contributed by atoms with Crippen LogP contribution in [0, 0.1) is 20.8 Å². The van der Waals surface area contributed by atoms with E-state index in [1.807, 2.05) is 7.05 Å². The first kappa shape index (κ1) is 13.8. The summed E-state index contributed by atoms with van der Waals surface area (Å²) in [5, 5.41) is 3.44. The molecule has 0 saturated heterocycles. The molecule has 0 fully saturated rings. The van der Waals surface area contributed by atoms with Gasteiger partial charge in [-0.1, -0.05) is 59.2 Å². The molecular weight excluding hydrogens is 230 g/mol. The molecule has 1 heteroatoms. The molecule has 0 aromatic heterocycles. The fourth-order valence-corrected chi connectivity index (χ4v) is 2.67. The molecule has 0 aliphatic heterocycles. The highest BCUT2D eigenvalue weighted by molar-refractivity contribution is 5.32. The van der Waals surface area contributed by atoms with Gasteiger partial charge in [0.05, 0.1) is 0 Å². The molecule has 2 rings (SSSR count). The topological polar surface area (TPSA) is 12.0 Å². The molecule has 2 aromatic carbocycles. The van der Waals surface area contributed by atoms with E-state index in [0.29, 0.717) is 6.04 Å². The molecule has 1 N–H and O–H groups in total. The van der Waals surface area contributed by atoms with E-state index in [9.17, 15) is 0 Å². The van der Waals surface area contributed by atoms with E-state index in [2.05, 4.69) is 68.6 Å². The van der Waals surface area contributed by atoms with Crippen molar-refractivity contribution in [2.24, 2.45) is 0 Å². The smallest absolute Gasteiger partial charge is 0.0358 e. The fourth-order valence-electron chi connectivity index (χ4n) is 2.67. The summed E-state index contributed by atoms with van der Waals surface area (Å²) in [6.45, 7) is 6.47. The third-order valence-corrected chi connectivity index (χ3v) is 3.52. The van der Waals surface area contributed by atoms with E-state index in [0.717, 1.165) is 6.42 Å². The maximum Gasteiger partial charge on any atom is 0.0358 e. The molecule has 0 heterocycles. The Morgan fingerprint density at radius 1 is 0.895 bits per heavy atom. The number of rotatable bonds is 4. The summed E-state index contributed by atoms with van der Waals surface area (Å²) in [7, 11) is 2.04. The molecule has 19 heavy (non-hydrogen) atoms. The second-order valence-corrected chi connectivity index (χ2v) is 5.46. The van der Waals surface area contributed by atoms with Gasteiger partial charge in [0.25, 0.3) is 0 Å². The van der Waals surface area contributed by atoms with Gasteiger partial charge in [0.2, 0.25) is 0 Å². The monoisotopic (exact) mass is 253 g/mol. The number of aryl methyl sites for hydroxylation is 3. The minimum Gasteiger partial charge on any atom is -0.313 e. The van der Waals surface area contributed by atoms with Crippen molar-refractivity contribution in [2.45, 2.75) is 33.2 Å². The molecule has 0 aliphatic carbocycles. The molecule has 0 amide bonds. The minimum absolute atomic E-state index is 0.375. The summed E-state index contributed by atoms with van der Waals surface area (Å²) in [4.78, 5) is 0. The summed E-state index contributed by atoms with van der Waals surface area (Å²) < 4.78 is 0. The largest absolute Gasteiger partial charge is 0.313 e. The molecule has 0 spiro atoms. The highest BCUT2D eigenvalue weighted by Crippen LogP contribution is 2.21. The van der Waals surface area contributed by atoms with Crippen LogP contribution in [0.3, 0.4) is 0 Å². The second kappa shape index (κ2) is 6.03.